The highest BCUT2D eigenvalue weighted by molar-refractivity contribution is 7.21. The molecule has 38 heavy (non-hydrogen) atoms. The van der Waals surface area contributed by atoms with Crippen molar-refractivity contribution in [3.63, 3.8) is 0 Å². The third-order valence-corrected chi connectivity index (χ3v) is 6.89. The van der Waals surface area contributed by atoms with Crippen molar-refractivity contribution < 1.29 is 19.1 Å². The zero-order chi connectivity index (χ0) is 26.2. The summed E-state index contributed by atoms with van der Waals surface area (Å²) in [6.45, 7) is 1.73. The minimum atomic E-state index is -0.407. The van der Waals surface area contributed by atoms with Crippen LogP contribution in [0, 0.1) is 10.1 Å². The van der Waals surface area contributed by atoms with Gasteiger partial charge in [-0.1, -0.05) is 60.7 Å². The zero-order valence-electron chi connectivity index (χ0n) is 20.6. The molecule has 1 aromatic heterocycles. The van der Waals surface area contributed by atoms with E-state index >= 15 is 0 Å². The molecule has 0 N–H and O–H groups in total. The molecule has 0 amide bonds. The number of thiazole rings is 1. The number of benzene rings is 4. The minimum absolute atomic E-state index is 0.0561. The van der Waals surface area contributed by atoms with Crippen molar-refractivity contribution in [3.8, 4) is 16.3 Å². The monoisotopic (exact) mass is 526 g/mol. The Morgan fingerprint density at radius 3 is 1.97 bits per heavy atom. The first-order valence-corrected chi connectivity index (χ1v) is 13.0. The maximum atomic E-state index is 11.0. The van der Waals surface area contributed by atoms with Gasteiger partial charge in [-0.25, -0.2) is 4.98 Å². The van der Waals surface area contributed by atoms with Crippen LogP contribution in [-0.4, -0.2) is 29.2 Å². The Bertz CT molecular complexity index is 1430. The van der Waals surface area contributed by atoms with Crippen LogP contribution in [0.25, 0.3) is 20.8 Å². The number of hydrogen-bond donors (Lipinski definition) is 0. The second-order valence-electron chi connectivity index (χ2n) is 8.69. The van der Waals surface area contributed by atoms with Gasteiger partial charge in [-0.15, -0.1) is 11.3 Å². The summed E-state index contributed by atoms with van der Waals surface area (Å²) in [4.78, 5) is 15.2. The summed E-state index contributed by atoms with van der Waals surface area (Å²) in [7, 11) is 0. The van der Waals surface area contributed by atoms with Crippen molar-refractivity contribution in [2.45, 2.75) is 19.3 Å². The molecule has 0 radical (unpaired) electrons. The average molecular weight is 527 g/mol. The molecule has 192 valence electrons. The zero-order valence-corrected chi connectivity index (χ0v) is 21.4. The van der Waals surface area contributed by atoms with E-state index in [2.05, 4.69) is 4.98 Å². The number of non-ortho nitro benzene ring substituents is 1. The molecular formula is C30H26N2O5S. The highest BCUT2D eigenvalue weighted by atomic mass is 32.1. The molecule has 0 saturated carbocycles. The lowest BCUT2D eigenvalue weighted by molar-refractivity contribution is -0.384. The van der Waals surface area contributed by atoms with Gasteiger partial charge in [0.25, 0.3) is 5.69 Å². The molecule has 0 unspecified atom stereocenters. The summed E-state index contributed by atoms with van der Waals surface area (Å²) in [5.41, 5.74) is 3.93. The van der Waals surface area contributed by atoms with Crippen LogP contribution in [0.3, 0.4) is 0 Å². The number of fused-ring (bicyclic) bond motifs is 1. The second kappa shape index (κ2) is 12.4. The number of rotatable bonds is 12. The Hall–Kier alpha value is -4.11. The van der Waals surface area contributed by atoms with E-state index in [1.165, 1.54) is 23.5 Å². The summed E-state index contributed by atoms with van der Waals surface area (Å²) >= 11 is 1.51. The van der Waals surface area contributed by atoms with Crippen LogP contribution in [0.5, 0.6) is 5.75 Å². The molecule has 0 aliphatic heterocycles. The van der Waals surface area contributed by atoms with Gasteiger partial charge in [-0.05, 0) is 41.5 Å². The van der Waals surface area contributed by atoms with E-state index in [1.807, 2.05) is 78.9 Å². The molecule has 8 heteroatoms. The van der Waals surface area contributed by atoms with Crippen molar-refractivity contribution in [1.82, 2.24) is 4.98 Å². The normalized spacial score (nSPS) is 11.2. The van der Waals surface area contributed by atoms with Gasteiger partial charge in [0, 0.05) is 17.7 Å². The van der Waals surface area contributed by atoms with E-state index < -0.39 is 4.92 Å². The number of nitro groups is 1. The predicted octanol–water partition coefficient (Wildman–Crippen LogP) is 7.05. The van der Waals surface area contributed by atoms with Gasteiger partial charge in [0.05, 0.1) is 41.6 Å². The fourth-order valence-corrected chi connectivity index (χ4v) is 4.90. The lowest BCUT2D eigenvalue weighted by atomic mass is 10.2. The molecule has 0 saturated heterocycles. The van der Waals surface area contributed by atoms with Crippen molar-refractivity contribution in [1.29, 1.82) is 0 Å². The molecule has 7 nitrogen and oxygen atoms in total. The first-order valence-electron chi connectivity index (χ1n) is 12.2. The maximum absolute atomic E-state index is 11.0. The Balaban J connectivity index is 1.27. The van der Waals surface area contributed by atoms with Crippen LogP contribution in [0.1, 0.15) is 11.1 Å². The molecule has 1 heterocycles. The fourth-order valence-electron chi connectivity index (χ4n) is 3.90. The molecule has 0 fully saturated rings. The van der Waals surface area contributed by atoms with E-state index in [0.29, 0.717) is 32.2 Å². The predicted molar refractivity (Wildman–Crippen MR) is 148 cm³/mol. The number of hydrogen-bond acceptors (Lipinski definition) is 7. The Morgan fingerprint density at radius 2 is 1.39 bits per heavy atom. The summed E-state index contributed by atoms with van der Waals surface area (Å²) < 4.78 is 19.2. The minimum Gasteiger partial charge on any atom is -0.486 e. The quantitative estimate of drug-likeness (QED) is 0.128. The second-order valence-corrected chi connectivity index (χ2v) is 9.72. The standard InChI is InChI=1S/C30H26N2O5S/c33-32(34)25-13-11-24(12-14-25)30-31-28-16-15-26(17-29(28)38-30)37-27(20-35-18-22-7-3-1-4-8-22)21-36-19-23-9-5-2-6-10-23/h1-17,27H,18-21H2. The molecule has 0 bridgehead atoms. The van der Waals surface area contributed by atoms with E-state index in [-0.39, 0.29) is 11.8 Å². The van der Waals surface area contributed by atoms with E-state index in [9.17, 15) is 10.1 Å². The SMILES string of the molecule is O=[N+]([O-])c1ccc(-c2nc3ccc(OC(COCc4ccccc4)COCc4ccccc4)cc3s2)cc1. The van der Waals surface area contributed by atoms with Gasteiger partial charge in [0.1, 0.15) is 16.9 Å². The van der Waals surface area contributed by atoms with Crippen LogP contribution in [-0.2, 0) is 22.7 Å². The van der Waals surface area contributed by atoms with Crippen molar-refractivity contribution in [2.75, 3.05) is 13.2 Å². The molecular weight excluding hydrogens is 500 g/mol. The van der Waals surface area contributed by atoms with Crippen molar-refractivity contribution >= 4 is 27.2 Å². The summed E-state index contributed by atoms with van der Waals surface area (Å²) in [6, 6.07) is 32.2. The van der Waals surface area contributed by atoms with Crippen molar-refractivity contribution in [2.24, 2.45) is 0 Å². The smallest absolute Gasteiger partial charge is 0.269 e. The number of ether oxygens (including phenoxy) is 3. The average Bonchev–Trinajstić information content (AvgIpc) is 3.38. The van der Waals surface area contributed by atoms with Crippen LogP contribution in [0.2, 0.25) is 0 Å². The molecule has 0 aliphatic carbocycles. The van der Waals surface area contributed by atoms with E-state index in [4.69, 9.17) is 14.2 Å². The largest absolute Gasteiger partial charge is 0.486 e. The molecule has 5 rings (SSSR count). The third-order valence-electron chi connectivity index (χ3n) is 5.82. The third kappa shape index (κ3) is 6.80. The lowest BCUT2D eigenvalue weighted by Gasteiger charge is -2.19. The lowest BCUT2D eigenvalue weighted by Crippen LogP contribution is -2.28. The van der Waals surface area contributed by atoms with Crippen LogP contribution in [0.15, 0.2) is 103 Å². The Labute approximate surface area is 224 Å². The maximum Gasteiger partial charge on any atom is 0.269 e. The highest BCUT2D eigenvalue weighted by Gasteiger charge is 2.15. The topological polar surface area (TPSA) is 83.7 Å². The number of nitrogens with zero attached hydrogens (tertiary/aromatic N) is 2. The molecule has 5 aromatic rings. The fraction of sp³-hybridized carbons (Fsp3) is 0.167. The Kier molecular flexibility index (Phi) is 8.35. The Morgan fingerprint density at radius 1 is 0.789 bits per heavy atom. The van der Waals surface area contributed by atoms with Crippen LogP contribution < -0.4 is 4.74 Å². The molecule has 0 atom stereocenters. The van der Waals surface area contributed by atoms with Crippen LogP contribution >= 0.6 is 11.3 Å². The van der Waals surface area contributed by atoms with Gasteiger partial charge >= 0.3 is 0 Å². The highest BCUT2D eigenvalue weighted by Crippen LogP contribution is 2.33. The van der Waals surface area contributed by atoms with E-state index in [1.54, 1.807) is 12.1 Å². The molecule has 4 aromatic carbocycles. The summed E-state index contributed by atoms with van der Waals surface area (Å²) in [5, 5.41) is 11.7. The first-order chi connectivity index (χ1) is 18.6. The van der Waals surface area contributed by atoms with Gasteiger partial charge in [-0.3, -0.25) is 10.1 Å². The number of nitro benzene ring substituents is 1. The summed E-state index contributed by atoms with van der Waals surface area (Å²) in [5.74, 6) is 0.702. The van der Waals surface area contributed by atoms with Gasteiger partial charge in [0.15, 0.2) is 0 Å². The number of aromatic nitrogens is 1. The van der Waals surface area contributed by atoms with Crippen molar-refractivity contribution in [3.05, 3.63) is 124 Å². The van der Waals surface area contributed by atoms with Gasteiger partial charge in [0.2, 0.25) is 0 Å². The van der Waals surface area contributed by atoms with Gasteiger partial charge < -0.3 is 14.2 Å². The van der Waals surface area contributed by atoms with Crippen LogP contribution in [0.4, 0.5) is 5.69 Å². The van der Waals surface area contributed by atoms with E-state index in [0.717, 1.165) is 31.9 Å². The molecule has 0 spiro atoms. The van der Waals surface area contributed by atoms with Gasteiger partial charge in [-0.2, -0.15) is 0 Å². The molecule has 0 aliphatic rings. The first kappa shape index (κ1) is 25.5. The summed E-state index contributed by atoms with van der Waals surface area (Å²) in [6.07, 6.45) is -0.304.